The van der Waals surface area contributed by atoms with Gasteiger partial charge in [-0.1, -0.05) is 60.7 Å². The number of thiophene rings is 1. The van der Waals surface area contributed by atoms with Gasteiger partial charge in [-0.25, -0.2) is 4.98 Å². The molecule has 0 aliphatic heterocycles. The average Bonchev–Trinajstić information content (AvgIpc) is 3.59. The molecule has 0 unspecified atom stereocenters. The Hall–Kier alpha value is -4.41. The molecule has 0 atom stereocenters. The van der Waals surface area contributed by atoms with Gasteiger partial charge in [-0.3, -0.25) is 4.40 Å². The lowest BCUT2D eigenvalue weighted by molar-refractivity contribution is 0.673. The lowest BCUT2D eigenvalue weighted by Gasteiger charge is -2.10. The van der Waals surface area contributed by atoms with Gasteiger partial charge in [0.2, 0.25) is 0 Å². The molecule has 5 aromatic carbocycles. The molecule has 0 N–H and O–H groups in total. The van der Waals surface area contributed by atoms with E-state index in [4.69, 9.17) is 9.40 Å². The Labute approximate surface area is 202 Å². The van der Waals surface area contributed by atoms with Crippen LogP contribution in [0.2, 0.25) is 0 Å². The van der Waals surface area contributed by atoms with Crippen molar-refractivity contribution in [2.75, 3.05) is 0 Å². The molecule has 4 heterocycles. The van der Waals surface area contributed by atoms with Crippen LogP contribution in [0.1, 0.15) is 0 Å². The van der Waals surface area contributed by atoms with Crippen molar-refractivity contribution >= 4 is 91.8 Å². The van der Waals surface area contributed by atoms with Crippen LogP contribution < -0.4 is 0 Å². The normalized spacial score (nSPS) is 12.6. The van der Waals surface area contributed by atoms with E-state index in [9.17, 15) is 0 Å². The lowest BCUT2D eigenvalue weighted by Crippen LogP contribution is -1.92. The number of fused-ring (bicyclic) bond motifs is 16. The molecule has 0 aliphatic rings. The lowest BCUT2D eigenvalue weighted by atomic mass is 10.0. The standard InChI is InChI=1S/C31H16N2OS/c1-5-11-25-17(7-1)19-15-16-24-27(29(19)34-25)21-14-13-20-18-8-2-6-12-26(18)35-30(20)28(21)31-32-22-9-3-4-10-23(22)33(24)31/h1-16H. The highest BCUT2D eigenvalue weighted by Crippen LogP contribution is 2.45. The highest BCUT2D eigenvalue weighted by Gasteiger charge is 2.21. The SMILES string of the molecule is c1ccc2c(c1)nc1c3c(ccc4c5ccccc5sc43)c3c4oc5ccccc5c4ccc3n21. The molecule has 0 radical (unpaired) electrons. The Balaban J connectivity index is 1.66. The Kier molecular flexibility index (Phi) is 3.17. The first kappa shape index (κ1) is 18.0. The van der Waals surface area contributed by atoms with Crippen molar-refractivity contribution in [3.8, 4) is 0 Å². The molecule has 0 aliphatic carbocycles. The number of hydrogen-bond acceptors (Lipinski definition) is 3. The first-order valence-corrected chi connectivity index (χ1v) is 12.6. The fourth-order valence-electron chi connectivity index (χ4n) is 5.88. The minimum Gasteiger partial charge on any atom is -0.455 e. The van der Waals surface area contributed by atoms with Gasteiger partial charge in [0, 0.05) is 36.3 Å². The summed E-state index contributed by atoms with van der Waals surface area (Å²) < 4.78 is 11.4. The third-order valence-corrected chi connectivity index (χ3v) is 8.57. The summed E-state index contributed by atoms with van der Waals surface area (Å²) in [7, 11) is 0. The van der Waals surface area contributed by atoms with Crippen molar-refractivity contribution in [2.45, 2.75) is 0 Å². The van der Waals surface area contributed by atoms with Crippen LogP contribution in [0.3, 0.4) is 0 Å². The van der Waals surface area contributed by atoms with Crippen LogP contribution in [0.25, 0.3) is 80.5 Å². The molecule has 9 rings (SSSR count). The molecule has 0 spiro atoms. The number of aromatic nitrogens is 2. The minimum absolute atomic E-state index is 0.918. The van der Waals surface area contributed by atoms with E-state index >= 15 is 0 Å². The minimum atomic E-state index is 0.918. The molecule has 35 heavy (non-hydrogen) atoms. The molecule has 0 fully saturated rings. The number of nitrogens with zero attached hydrogens (tertiary/aromatic N) is 2. The van der Waals surface area contributed by atoms with Crippen LogP contribution in [0, 0.1) is 0 Å². The number of furan rings is 1. The second kappa shape index (κ2) is 6.17. The van der Waals surface area contributed by atoms with Gasteiger partial charge in [0.15, 0.2) is 0 Å². The first-order chi connectivity index (χ1) is 17.4. The van der Waals surface area contributed by atoms with Gasteiger partial charge in [0.05, 0.1) is 21.9 Å². The number of benzene rings is 5. The summed E-state index contributed by atoms with van der Waals surface area (Å²) >= 11 is 1.85. The van der Waals surface area contributed by atoms with Gasteiger partial charge in [-0.2, -0.15) is 0 Å². The molecule has 4 aromatic heterocycles. The van der Waals surface area contributed by atoms with Gasteiger partial charge in [0.25, 0.3) is 0 Å². The monoisotopic (exact) mass is 464 g/mol. The summed E-state index contributed by atoms with van der Waals surface area (Å²) in [4.78, 5) is 5.18. The smallest absolute Gasteiger partial charge is 0.147 e. The van der Waals surface area contributed by atoms with Gasteiger partial charge < -0.3 is 4.42 Å². The van der Waals surface area contributed by atoms with E-state index in [0.29, 0.717) is 0 Å². The summed E-state index contributed by atoms with van der Waals surface area (Å²) in [5.74, 6) is 0. The molecule has 0 amide bonds. The highest BCUT2D eigenvalue weighted by atomic mass is 32.1. The number of hydrogen-bond donors (Lipinski definition) is 0. The number of para-hydroxylation sites is 3. The van der Waals surface area contributed by atoms with E-state index in [1.54, 1.807) is 0 Å². The predicted molar refractivity (Wildman–Crippen MR) is 148 cm³/mol. The third kappa shape index (κ3) is 2.14. The van der Waals surface area contributed by atoms with Crippen LogP contribution in [0.5, 0.6) is 0 Å². The van der Waals surface area contributed by atoms with Crippen LogP contribution >= 0.6 is 11.3 Å². The van der Waals surface area contributed by atoms with E-state index in [0.717, 1.165) is 49.5 Å². The Morgan fingerprint density at radius 1 is 0.600 bits per heavy atom. The first-order valence-electron chi connectivity index (χ1n) is 11.7. The van der Waals surface area contributed by atoms with Crippen molar-refractivity contribution in [1.82, 2.24) is 9.38 Å². The van der Waals surface area contributed by atoms with Crippen molar-refractivity contribution in [3.05, 3.63) is 97.1 Å². The topological polar surface area (TPSA) is 30.4 Å². The van der Waals surface area contributed by atoms with Gasteiger partial charge >= 0.3 is 0 Å². The summed E-state index contributed by atoms with van der Waals surface area (Å²) in [6.07, 6.45) is 0. The average molecular weight is 465 g/mol. The molecule has 9 aromatic rings. The maximum absolute atomic E-state index is 6.55. The molecule has 162 valence electrons. The van der Waals surface area contributed by atoms with E-state index in [-0.39, 0.29) is 0 Å². The second-order valence-electron chi connectivity index (χ2n) is 9.16. The van der Waals surface area contributed by atoms with Crippen molar-refractivity contribution in [1.29, 1.82) is 0 Å². The van der Waals surface area contributed by atoms with Crippen LogP contribution in [-0.2, 0) is 0 Å². The quantitative estimate of drug-likeness (QED) is 0.210. The van der Waals surface area contributed by atoms with E-state index in [2.05, 4.69) is 95.4 Å². The zero-order valence-corrected chi connectivity index (χ0v) is 19.3. The summed E-state index contributed by atoms with van der Waals surface area (Å²) in [6.45, 7) is 0. The Bertz CT molecular complexity index is 2330. The van der Waals surface area contributed by atoms with E-state index in [1.165, 1.54) is 30.9 Å². The fourth-order valence-corrected chi connectivity index (χ4v) is 7.13. The highest BCUT2D eigenvalue weighted by molar-refractivity contribution is 7.26. The fraction of sp³-hybridized carbons (Fsp3) is 0. The summed E-state index contributed by atoms with van der Waals surface area (Å²) in [5.41, 5.74) is 6.09. The van der Waals surface area contributed by atoms with Crippen molar-refractivity contribution in [3.63, 3.8) is 0 Å². The van der Waals surface area contributed by atoms with E-state index < -0.39 is 0 Å². The van der Waals surface area contributed by atoms with Gasteiger partial charge in [-0.15, -0.1) is 11.3 Å². The van der Waals surface area contributed by atoms with Gasteiger partial charge in [-0.05, 0) is 41.8 Å². The largest absolute Gasteiger partial charge is 0.455 e. The Morgan fingerprint density at radius 3 is 2.34 bits per heavy atom. The number of imidazole rings is 1. The molecule has 4 heteroatoms. The molecular formula is C31H16N2OS. The molecule has 0 bridgehead atoms. The number of pyridine rings is 1. The van der Waals surface area contributed by atoms with Crippen molar-refractivity contribution in [2.24, 2.45) is 0 Å². The molecule has 0 saturated heterocycles. The van der Waals surface area contributed by atoms with Gasteiger partial charge in [0.1, 0.15) is 16.8 Å². The van der Waals surface area contributed by atoms with E-state index in [1.807, 2.05) is 17.4 Å². The predicted octanol–water partition coefficient (Wildman–Crippen LogP) is 9.06. The third-order valence-electron chi connectivity index (χ3n) is 7.37. The maximum Gasteiger partial charge on any atom is 0.147 e. The van der Waals surface area contributed by atoms with Crippen molar-refractivity contribution < 1.29 is 4.42 Å². The second-order valence-corrected chi connectivity index (χ2v) is 10.2. The zero-order valence-electron chi connectivity index (χ0n) is 18.4. The zero-order chi connectivity index (χ0) is 22.7. The van der Waals surface area contributed by atoms with Crippen LogP contribution in [0.4, 0.5) is 0 Å². The molecular weight excluding hydrogens is 448 g/mol. The number of rotatable bonds is 0. The summed E-state index contributed by atoms with van der Waals surface area (Å²) in [6, 6.07) is 34.4. The molecule has 3 nitrogen and oxygen atoms in total. The maximum atomic E-state index is 6.55. The van der Waals surface area contributed by atoms with Crippen LogP contribution in [0.15, 0.2) is 101 Å². The molecule has 0 saturated carbocycles. The summed E-state index contributed by atoms with van der Waals surface area (Å²) in [5, 5.41) is 8.40. The Morgan fingerprint density at radius 2 is 1.37 bits per heavy atom. The van der Waals surface area contributed by atoms with Crippen LogP contribution in [-0.4, -0.2) is 9.38 Å².